The molecule has 2 aromatic rings. The Morgan fingerprint density at radius 2 is 2.15 bits per heavy atom. The van der Waals surface area contributed by atoms with Crippen molar-refractivity contribution in [2.24, 2.45) is 0 Å². The molecule has 0 aliphatic carbocycles. The van der Waals surface area contributed by atoms with Crippen LogP contribution in [-0.2, 0) is 9.53 Å². The van der Waals surface area contributed by atoms with E-state index in [4.69, 9.17) is 14.6 Å². The van der Waals surface area contributed by atoms with Crippen LogP contribution >= 0.6 is 0 Å². The average molecular weight is 359 g/mol. The van der Waals surface area contributed by atoms with E-state index in [-0.39, 0.29) is 37.0 Å². The Hall–Kier alpha value is -3.20. The van der Waals surface area contributed by atoms with Gasteiger partial charge in [-0.15, -0.1) is 0 Å². The molecular formula is C17H14FN3O5. The monoisotopic (exact) mass is 359 g/mol. The van der Waals surface area contributed by atoms with E-state index in [1.54, 1.807) is 18.2 Å². The van der Waals surface area contributed by atoms with Crippen molar-refractivity contribution in [3.8, 4) is 17.0 Å². The first-order valence-corrected chi connectivity index (χ1v) is 7.88. The summed E-state index contributed by atoms with van der Waals surface area (Å²) in [5.74, 6) is -0.265. The molecule has 1 aromatic carbocycles. The van der Waals surface area contributed by atoms with E-state index in [1.807, 2.05) is 0 Å². The summed E-state index contributed by atoms with van der Waals surface area (Å²) in [4.78, 5) is 28.7. The molecule has 0 radical (unpaired) electrons. The minimum Gasteiger partial charge on any atom is -0.480 e. The summed E-state index contributed by atoms with van der Waals surface area (Å²) in [5.41, 5.74) is 0.847. The van der Waals surface area contributed by atoms with Crippen LogP contribution in [-0.4, -0.2) is 48.0 Å². The SMILES string of the molecule is O=C1COc2ccc(-c3ccc(N4C[C@H](CO)OC4=O)cc3F)nc2N1. The van der Waals surface area contributed by atoms with E-state index in [9.17, 15) is 14.0 Å². The van der Waals surface area contributed by atoms with Crippen molar-refractivity contribution in [2.75, 3.05) is 30.0 Å². The number of benzene rings is 1. The fourth-order valence-electron chi connectivity index (χ4n) is 2.82. The molecule has 1 saturated heterocycles. The van der Waals surface area contributed by atoms with E-state index in [1.165, 1.54) is 17.0 Å². The smallest absolute Gasteiger partial charge is 0.414 e. The normalized spacial score (nSPS) is 18.8. The van der Waals surface area contributed by atoms with Gasteiger partial charge < -0.3 is 19.9 Å². The van der Waals surface area contributed by atoms with Gasteiger partial charge in [-0.1, -0.05) is 0 Å². The average Bonchev–Trinajstić information content (AvgIpc) is 3.02. The first kappa shape index (κ1) is 16.3. The third kappa shape index (κ3) is 2.82. The molecule has 3 heterocycles. The van der Waals surface area contributed by atoms with Gasteiger partial charge in [0.25, 0.3) is 5.91 Å². The number of fused-ring (bicyclic) bond motifs is 1. The Morgan fingerprint density at radius 3 is 2.88 bits per heavy atom. The number of pyridine rings is 1. The summed E-state index contributed by atoms with van der Waals surface area (Å²) in [6, 6.07) is 7.45. The molecule has 26 heavy (non-hydrogen) atoms. The Bertz CT molecular complexity index is 904. The quantitative estimate of drug-likeness (QED) is 0.862. The largest absolute Gasteiger partial charge is 0.480 e. The number of amides is 2. The van der Waals surface area contributed by atoms with E-state index in [2.05, 4.69) is 10.3 Å². The number of anilines is 2. The van der Waals surface area contributed by atoms with Crippen LogP contribution in [0.3, 0.4) is 0 Å². The molecule has 1 aromatic heterocycles. The minimum atomic E-state index is -0.636. The van der Waals surface area contributed by atoms with Gasteiger partial charge in [0, 0.05) is 5.56 Å². The van der Waals surface area contributed by atoms with Gasteiger partial charge in [0.05, 0.1) is 24.5 Å². The highest BCUT2D eigenvalue weighted by molar-refractivity contribution is 5.94. The summed E-state index contributed by atoms with van der Waals surface area (Å²) >= 11 is 0. The summed E-state index contributed by atoms with van der Waals surface area (Å²) < 4.78 is 24.8. The zero-order valence-corrected chi connectivity index (χ0v) is 13.4. The van der Waals surface area contributed by atoms with Crippen molar-refractivity contribution in [1.82, 2.24) is 4.98 Å². The number of ether oxygens (including phenoxy) is 2. The number of aliphatic hydroxyl groups is 1. The summed E-state index contributed by atoms with van der Waals surface area (Å²) in [6.07, 6.45) is -1.26. The number of aliphatic hydroxyl groups excluding tert-OH is 1. The van der Waals surface area contributed by atoms with Crippen molar-refractivity contribution < 1.29 is 28.6 Å². The molecular weight excluding hydrogens is 345 g/mol. The molecule has 2 amide bonds. The third-order valence-corrected chi connectivity index (χ3v) is 4.09. The molecule has 1 fully saturated rings. The van der Waals surface area contributed by atoms with Crippen molar-refractivity contribution >= 4 is 23.5 Å². The van der Waals surface area contributed by atoms with Crippen molar-refractivity contribution in [2.45, 2.75) is 6.10 Å². The zero-order valence-electron chi connectivity index (χ0n) is 13.4. The van der Waals surface area contributed by atoms with Gasteiger partial charge in [0.15, 0.2) is 18.2 Å². The Morgan fingerprint density at radius 1 is 1.31 bits per heavy atom. The van der Waals surface area contributed by atoms with Crippen LogP contribution in [0.25, 0.3) is 11.3 Å². The van der Waals surface area contributed by atoms with Crippen LogP contribution < -0.4 is 15.0 Å². The Balaban J connectivity index is 1.64. The highest BCUT2D eigenvalue weighted by Crippen LogP contribution is 2.32. The molecule has 4 rings (SSSR count). The highest BCUT2D eigenvalue weighted by Gasteiger charge is 2.32. The minimum absolute atomic E-state index is 0.0855. The fourth-order valence-corrected chi connectivity index (χ4v) is 2.82. The second kappa shape index (κ2) is 6.26. The van der Waals surface area contributed by atoms with Crippen LogP contribution in [0.5, 0.6) is 5.75 Å². The molecule has 1 atom stereocenters. The van der Waals surface area contributed by atoms with Crippen LogP contribution in [0.15, 0.2) is 30.3 Å². The predicted molar refractivity (Wildman–Crippen MR) is 88.5 cm³/mol. The fraction of sp³-hybridized carbons (Fsp3) is 0.235. The lowest BCUT2D eigenvalue weighted by Gasteiger charge is -2.18. The number of nitrogens with one attached hydrogen (secondary N) is 1. The van der Waals surface area contributed by atoms with Gasteiger partial charge in [-0.05, 0) is 30.3 Å². The number of carbonyl (C=O) groups is 2. The van der Waals surface area contributed by atoms with E-state index < -0.39 is 18.0 Å². The van der Waals surface area contributed by atoms with E-state index in [0.29, 0.717) is 17.1 Å². The zero-order chi connectivity index (χ0) is 18.3. The molecule has 134 valence electrons. The van der Waals surface area contributed by atoms with Gasteiger partial charge in [-0.2, -0.15) is 0 Å². The molecule has 2 aliphatic heterocycles. The maximum atomic E-state index is 14.6. The maximum Gasteiger partial charge on any atom is 0.414 e. The number of hydrogen-bond donors (Lipinski definition) is 2. The molecule has 0 unspecified atom stereocenters. The second-order valence-corrected chi connectivity index (χ2v) is 5.84. The molecule has 0 saturated carbocycles. The summed E-state index contributed by atoms with van der Waals surface area (Å²) in [7, 11) is 0. The lowest BCUT2D eigenvalue weighted by molar-refractivity contribution is -0.118. The van der Waals surface area contributed by atoms with Crippen molar-refractivity contribution in [1.29, 1.82) is 0 Å². The number of halogens is 1. The first-order chi connectivity index (χ1) is 12.5. The van der Waals surface area contributed by atoms with Crippen LogP contribution in [0.1, 0.15) is 0 Å². The molecule has 0 bridgehead atoms. The van der Waals surface area contributed by atoms with Crippen molar-refractivity contribution in [3.05, 3.63) is 36.1 Å². The number of nitrogens with zero attached hydrogens (tertiary/aromatic N) is 2. The number of rotatable bonds is 3. The topological polar surface area (TPSA) is 101 Å². The predicted octanol–water partition coefficient (Wildman–Crippen LogP) is 1.54. The molecule has 0 spiro atoms. The molecule has 9 heteroatoms. The van der Waals surface area contributed by atoms with Gasteiger partial charge in [0.2, 0.25) is 0 Å². The van der Waals surface area contributed by atoms with Gasteiger partial charge in [-0.25, -0.2) is 14.2 Å². The van der Waals surface area contributed by atoms with Crippen molar-refractivity contribution in [3.63, 3.8) is 0 Å². The standard InChI is InChI=1S/C17H14FN3O5/c18-12-5-9(21-6-10(7-22)26-17(21)24)1-2-11(12)13-3-4-14-16(19-13)20-15(23)8-25-14/h1-5,10,22H,6-8H2,(H,19,20,23)/t10-/m1/s1. The molecule has 2 aliphatic rings. The molecule has 2 N–H and O–H groups in total. The van der Waals surface area contributed by atoms with E-state index in [0.717, 1.165) is 0 Å². The molecule has 8 nitrogen and oxygen atoms in total. The maximum absolute atomic E-state index is 14.6. The third-order valence-electron chi connectivity index (χ3n) is 4.09. The summed E-state index contributed by atoms with van der Waals surface area (Å²) in [5, 5.41) is 11.7. The van der Waals surface area contributed by atoms with Gasteiger partial charge in [-0.3, -0.25) is 9.69 Å². The number of carbonyl (C=O) groups excluding carboxylic acids is 2. The lowest BCUT2D eigenvalue weighted by Crippen LogP contribution is -2.26. The van der Waals surface area contributed by atoms with Gasteiger partial charge >= 0.3 is 6.09 Å². The highest BCUT2D eigenvalue weighted by atomic mass is 19.1. The van der Waals surface area contributed by atoms with Crippen LogP contribution in [0.4, 0.5) is 20.7 Å². The first-order valence-electron chi connectivity index (χ1n) is 7.88. The van der Waals surface area contributed by atoms with Crippen LogP contribution in [0, 0.1) is 5.82 Å². The Labute approximate surface area is 147 Å². The summed E-state index contributed by atoms with van der Waals surface area (Å²) in [6.45, 7) is -0.234. The van der Waals surface area contributed by atoms with Crippen LogP contribution in [0.2, 0.25) is 0 Å². The second-order valence-electron chi connectivity index (χ2n) is 5.84. The number of cyclic esters (lactones) is 1. The van der Waals surface area contributed by atoms with E-state index >= 15 is 0 Å². The number of aromatic nitrogens is 1. The lowest BCUT2D eigenvalue weighted by atomic mass is 10.1. The Kier molecular flexibility index (Phi) is 3.92. The van der Waals surface area contributed by atoms with Gasteiger partial charge in [0.1, 0.15) is 11.9 Å². The number of hydrogen-bond acceptors (Lipinski definition) is 6.